The summed E-state index contributed by atoms with van der Waals surface area (Å²) in [6, 6.07) is 19.3. The lowest BCUT2D eigenvalue weighted by molar-refractivity contribution is 0.164. The SMILES string of the molecule is C[C@@H]1CN(c2ccccc2O)[C@H](C)CN1CCCc1ccccc1.Cl.Cl. The molecule has 26 heavy (non-hydrogen) atoms. The highest BCUT2D eigenvalue weighted by atomic mass is 35.5. The van der Waals surface area contributed by atoms with Crippen LogP contribution in [-0.4, -0.2) is 41.7 Å². The molecule has 1 aliphatic rings. The smallest absolute Gasteiger partial charge is 0.138 e. The highest BCUT2D eigenvalue weighted by molar-refractivity contribution is 5.85. The Morgan fingerprint density at radius 1 is 0.885 bits per heavy atom. The van der Waals surface area contributed by atoms with Gasteiger partial charge in [-0.05, 0) is 50.9 Å². The molecule has 0 aliphatic carbocycles. The van der Waals surface area contributed by atoms with Crippen molar-refractivity contribution in [2.45, 2.75) is 38.8 Å². The molecule has 5 heteroatoms. The summed E-state index contributed by atoms with van der Waals surface area (Å²) in [7, 11) is 0. The minimum absolute atomic E-state index is 0. The summed E-state index contributed by atoms with van der Waals surface area (Å²) in [5.41, 5.74) is 2.38. The van der Waals surface area contributed by atoms with Crippen molar-refractivity contribution >= 4 is 30.5 Å². The molecule has 0 saturated carbocycles. The molecular weight excluding hydrogens is 367 g/mol. The summed E-state index contributed by atoms with van der Waals surface area (Å²) < 4.78 is 0. The Kier molecular flexibility index (Phi) is 9.28. The Morgan fingerprint density at radius 2 is 1.54 bits per heavy atom. The van der Waals surface area contributed by atoms with Gasteiger partial charge in [0.25, 0.3) is 0 Å². The molecule has 1 aliphatic heterocycles. The molecule has 2 aromatic carbocycles. The fraction of sp³-hybridized carbons (Fsp3) is 0.429. The van der Waals surface area contributed by atoms with Crippen LogP contribution in [0, 0.1) is 0 Å². The number of halogens is 2. The summed E-state index contributed by atoms with van der Waals surface area (Å²) in [6.45, 7) is 7.69. The minimum atomic E-state index is 0. The van der Waals surface area contributed by atoms with Crippen molar-refractivity contribution in [2.75, 3.05) is 24.5 Å². The van der Waals surface area contributed by atoms with Crippen molar-refractivity contribution in [1.82, 2.24) is 4.90 Å². The van der Waals surface area contributed by atoms with Gasteiger partial charge in [0.05, 0.1) is 5.69 Å². The normalized spacial score (nSPS) is 20.2. The number of aromatic hydroxyl groups is 1. The third-order valence-electron chi connectivity index (χ3n) is 5.06. The predicted molar refractivity (Wildman–Crippen MR) is 115 cm³/mol. The monoisotopic (exact) mass is 396 g/mol. The Balaban J connectivity index is 0.00000169. The van der Waals surface area contributed by atoms with Gasteiger partial charge in [0.15, 0.2) is 0 Å². The van der Waals surface area contributed by atoms with Crippen molar-refractivity contribution in [3.63, 3.8) is 0 Å². The first-order chi connectivity index (χ1) is 11.6. The van der Waals surface area contributed by atoms with Crippen LogP contribution in [0.1, 0.15) is 25.8 Å². The van der Waals surface area contributed by atoms with E-state index in [-0.39, 0.29) is 24.8 Å². The highest BCUT2D eigenvalue weighted by Gasteiger charge is 2.29. The van der Waals surface area contributed by atoms with Crippen LogP contribution in [-0.2, 0) is 6.42 Å². The van der Waals surface area contributed by atoms with E-state index < -0.39 is 0 Å². The second-order valence-electron chi connectivity index (χ2n) is 6.92. The zero-order valence-electron chi connectivity index (χ0n) is 15.5. The van der Waals surface area contributed by atoms with Gasteiger partial charge < -0.3 is 10.0 Å². The molecule has 0 aromatic heterocycles. The molecule has 1 heterocycles. The number of phenolic OH excluding ortho intramolecular Hbond substituents is 1. The van der Waals surface area contributed by atoms with Gasteiger partial charge in [0.2, 0.25) is 0 Å². The standard InChI is InChI=1S/C21H28N2O.2ClH/c1-17-16-23(20-12-6-7-13-21(20)24)18(2)15-22(17)14-8-11-19-9-4-3-5-10-19;;/h3-7,9-10,12-13,17-18,24H,8,11,14-16H2,1-2H3;2*1H/t17-,18-;;/m1../s1. The van der Waals surface area contributed by atoms with Gasteiger partial charge in [-0.15, -0.1) is 24.8 Å². The Hall–Kier alpha value is -1.42. The lowest BCUT2D eigenvalue weighted by Crippen LogP contribution is -2.56. The van der Waals surface area contributed by atoms with E-state index in [4.69, 9.17) is 0 Å². The van der Waals surface area contributed by atoms with Gasteiger partial charge in [0.1, 0.15) is 5.75 Å². The Morgan fingerprint density at radius 3 is 2.23 bits per heavy atom. The number of benzene rings is 2. The molecule has 1 saturated heterocycles. The number of para-hydroxylation sites is 2. The molecule has 0 bridgehead atoms. The molecule has 1 N–H and O–H groups in total. The van der Waals surface area contributed by atoms with Crippen molar-refractivity contribution < 1.29 is 5.11 Å². The van der Waals surface area contributed by atoms with Crippen LogP contribution in [0.2, 0.25) is 0 Å². The van der Waals surface area contributed by atoms with E-state index in [0.717, 1.165) is 31.7 Å². The maximum absolute atomic E-state index is 10.1. The van der Waals surface area contributed by atoms with Gasteiger partial charge in [-0.2, -0.15) is 0 Å². The average molecular weight is 397 g/mol. The third-order valence-corrected chi connectivity index (χ3v) is 5.06. The lowest BCUT2D eigenvalue weighted by Gasteiger charge is -2.45. The number of piperazine rings is 1. The number of hydrogen-bond acceptors (Lipinski definition) is 3. The first kappa shape index (κ1) is 22.6. The van der Waals surface area contributed by atoms with Crippen LogP contribution in [0.25, 0.3) is 0 Å². The molecule has 0 radical (unpaired) electrons. The topological polar surface area (TPSA) is 26.7 Å². The molecular formula is C21H30Cl2N2O. The second-order valence-corrected chi connectivity index (χ2v) is 6.92. The lowest BCUT2D eigenvalue weighted by atomic mass is 10.0. The zero-order chi connectivity index (χ0) is 16.9. The van der Waals surface area contributed by atoms with Crippen molar-refractivity contribution in [3.05, 3.63) is 60.2 Å². The molecule has 0 spiro atoms. The number of rotatable bonds is 5. The molecule has 1 fully saturated rings. The minimum Gasteiger partial charge on any atom is -0.506 e. The number of aryl methyl sites for hydroxylation is 1. The molecule has 0 unspecified atom stereocenters. The van der Waals surface area contributed by atoms with E-state index >= 15 is 0 Å². The first-order valence-electron chi connectivity index (χ1n) is 8.98. The largest absolute Gasteiger partial charge is 0.506 e. The number of anilines is 1. The maximum atomic E-state index is 10.1. The fourth-order valence-electron chi connectivity index (χ4n) is 3.68. The summed E-state index contributed by atoms with van der Waals surface area (Å²) in [4.78, 5) is 4.93. The molecule has 2 atom stereocenters. The summed E-state index contributed by atoms with van der Waals surface area (Å²) in [5, 5.41) is 10.1. The van der Waals surface area contributed by atoms with Crippen LogP contribution < -0.4 is 4.90 Å². The zero-order valence-corrected chi connectivity index (χ0v) is 17.2. The second kappa shape index (κ2) is 10.7. The van der Waals surface area contributed by atoms with Crippen LogP contribution in [0.5, 0.6) is 5.75 Å². The molecule has 3 nitrogen and oxygen atoms in total. The summed E-state index contributed by atoms with van der Waals surface area (Å²) >= 11 is 0. The van der Waals surface area contributed by atoms with Crippen molar-refractivity contribution in [3.8, 4) is 5.75 Å². The van der Waals surface area contributed by atoms with Gasteiger partial charge in [-0.3, -0.25) is 4.90 Å². The maximum Gasteiger partial charge on any atom is 0.138 e. The van der Waals surface area contributed by atoms with E-state index in [1.807, 2.05) is 18.2 Å². The Labute approximate surface area is 169 Å². The van der Waals surface area contributed by atoms with Crippen LogP contribution in [0.4, 0.5) is 5.69 Å². The Bertz CT molecular complexity index is 653. The van der Waals surface area contributed by atoms with Crippen molar-refractivity contribution in [1.29, 1.82) is 0 Å². The number of nitrogens with zero attached hydrogens (tertiary/aromatic N) is 2. The number of phenols is 1. The molecule has 144 valence electrons. The highest BCUT2D eigenvalue weighted by Crippen LogP contribution is 2.31. The average Bonchev–Trinajstić information content (AvgIpc) is 2.59. The first-order valence-corrected chi connectivity index (χ1v) is 8.98. The van der Waals surface area contributed by atoms with Crippen molar-refractivity contribution in [2.24, 2.45) is 0 Å². The van der Waals surface area contributed by atoms with E-state index in [1.165, 1.54) is 12.0 Å². The van der Waals surface area contributed by atoms with Gasteiger partial charge >= 0.3 is 0 Å². The predicted octanol–water partition coefficient (Wildman–Crippen LogP) is 4.77. The van der Waals surface area contributed by atoms with Gasteiger partial charge in [0, 0.05) is 25.2 Å². The fourth-order valence-corrected chi connectivity index (χ4v) is 3.68. The molecule has 2 aromatic rings. The van der Waals surface area contributed by atoms with E-state index in [0.29, 0.717) is 17.8 Å². The van der Waals surface area contributed by atoms with E-state index in [9.17, 15) is 5.11 Å². The van der Waals surface area contributed by atoms with Crippen LogP contribution >= 0.6 is 24.8 Å². The quantitative estimate of drug-likeness (QED) is 0.788. The van der Waals surface area contributed by atoms with Gasteiger partial charge in [-0.25, -0.2) is 0 Å². The van der Waals surface area contributed by atoms with Crippen LogP contribution in [0.15, 0.2) is 54.6 Å². The molecule has 3 rings (SSSR count). The van der Waals surface area contributed by atoms with Gasteiger partial charge in [-0.1, -0.05) is 42.5 Å². The van der Waals surface area contributed by atoms with E-state index in [2.05, 4.69) is 54.0 Å². The summed E-state index contributed by atoms with van der Waals surface area (Å²) in [5.74, 6) is 0.383. The third kappa shape index (κ3) is 5.54. The van der Waals surface area contributed by atoms with Crippen LogP contribution in [0.3, 0.4) is 0 Å². The summed E-state index contributed by atoms with van der Waals surface area (Å²) in [6.07, 6.45) is 2.33. The molecule has 0 amide bonds. The van der Waals surface area contributed by atoms with E-state index in [1.54, 1.807) is 6.07 Å². The number of hydrogen-bond donors (Lipinski definition) is 1.